The first-order chi connectivity index (χ1) is 5.16. The van der Waals surface area contributed by atoms with E-state index in [1.54, 1.807) is 19.1 Å². The number of hydrogen-bond acceptors (Lipinski definition) is 1. The zero-order chi connectivity index (χ0) is 8.43. The van der Waals surface area contributed by atoms with Gasteiger partial charge in [0, 0.05) is 0 Å². The Hall–Kier alpha value is -0.210. The molecule has 0 radical (unpaired) electrons. The fraction of sp³-hybridized carbons (Fsp3) is 0.250. The molecule has 0 amide bonds. The SMILES string of the molecule is CSc1c(Cl)ccc(C)c1F. The first-order valence-electron chi connectivity index (χ1n) is 3.15. The molecule has 0 aliphatic carbocycles. The Morgan fingerprint density at radius 1 is 1.45 bits per heavy atom. The van der Waals surface area contributed by atoms with E-state index in [4.69, 9.17) is 11.6 Å². The number of hydrogen-bond donors (Lipinski definition) is 0. The summed E-state index contributed by atoms with van der Waals surface area (Å²) >= 11 is 7.07. The van der Waals surface area contributed by atoms with Crippen LogP contribution in [-0.4, -0.2) is 6.26 Å². The van der Waals surface area contributed by atoms with Crippen LogP contribution in [0.1, 0.15) is 5.56 Å². The molecule has 0 fully saturated rings. The molecule has 0 unspecified atom stereocenters. The summed E-state index contributed by atoms with van der Waals surface area (Å²) < 4.78 is 13.2. The van der Waals surface area contributed by atoms with E-state index in [1.807, 2.05) is 6.26 Å². The van der Waals surface area contributed by atoms with Crippen LogP contribution in [0.25, 0.3) is 0 Å². The molecule has 0 N–H and O–H groups in total. The van der Waals surface area contributed by atoms with Gasteiger partial charge in [-0.25, -0.2) is 4.39 Å². The fourth-order valence-corrected chi connectivity index (χ4v) is 1.80. The molecule has 1 rings (SSSR count). The van der Waals surface area contributed by atoms with Gasteiger partial charge in [-0.1, -0.05) is 17.7 Å². The molecular formula is C8H8ClFS. The minimum absolute atomic E-state index is 0.204. The number of aryl methyl sites for hydroxylation is 1. The van der Waals surface area contributed by atoms with Crippen molar-refractivity contribution in [2.75, 3.05) is 6.26 Å². The lowest BCUT2D eigenvalue weighted by Crippen LogP contribution is -1.86. The first-order valence-corrected chi connectivity index (χ1v) is 4.75. The van der Waals surface area contributed by atoms with Gasteiger partial charge in [-0.15, -0.1) is 11.8 Å². The van der Waals surface area contributed by atoms with Gasteiger partial charge in [-0.3, -0.25) is 0 Å². The molecule has 0 atom stereocenters. The molecule has 11 heavy (non-hydrogen) atoms. The van der Waals surface area contributed by atoms with Gasteiger partial charge in [0.25, 0.3) is 0 Å². The number of rotatable bonds is 1. The van der Waals surface area contributed by atoms with Crippen molar-refractivity contribution in [3.63, 3.8) is 0 Å². The predicted octanol–water partition coefficient (Wildman–Crippen LogP) is 3.51. The van der Waals surface area contributed by atoms with E-state index >= 15 is 0 Å². The highest BCUT2D eigenvalue weighted by Crippen LogP contribution is 2.29. The predicted molar refractivity (Wildman–Crippen MR) is 47.9 cm³/mol. The lowest BCUT2D eigenvalue weighted by Gasteiger charge is -2.03. The second-order valence-electron chi connectivity index (χ2n) is 2.21. The van der Waals surface area contributed by atoms with Crippen LogP contribution in [0.3, 0.4) is 0 Å². The third-order valence-electron chi connectivity index (χ3n) is 1.45. The van der Waals surface area contributed by atoms with E-state index in [0.717, 1.165) is 0 Å². The molecule has 60 valence electrons. The first kappa shape index (κ1) is 8.88. The summed E-state index contributed by atoms with van der Waals surface area (Å²) in [7, 11) is 0. The lowest BCUT2D eigenvalue weighted by molar-refractivity contribution is 0.593. The van der Waals surface area contributed by atoms with Crippen LogP contribution in [0, 0.1) is 12.7 Å². The van der Waals surface area contributed by atoms with E-state index in [0.29, 0.717) is 15.5 Å². The Morgan fingerprint density at radius 2 is 2.09 bits per heavy atom. The average Bonchev–Trinajstić information content (AvgIpc) is 1.99. The molecule has 0 spiro atoms. The summed E-state index contributed by atoms with van der Waals surface area (Å²) in [6, 6.07) is 3.39. The van der Waals surface area contributed by atoms with Crippen molar-refractivity contribution in [1.29, 1.82) is 0 Å². The van der Waals surface area contributed by atoms with Gasteiger partial charge in [0.2, 0.25) is 0 Å². The molecule has 0 aliphatic rings. The van der Waals surface area contributed by atoms with Crippen LogP contribution in [0.4, 0.5) is 4.39 Å². The van der Waals surface area contributed by atoms with E-state index in [1.165, 1.54) is 11.8 Å². The summed E-state index contributed by atoms with van der Waals surface area (Å²) in [6.07, 6.45) is 1.81. The normalized spacial score (nSPS) is 10.2. The lowest BCUT2D eigenvalue weighted by atomic mass is 10.2. The van der Waals surface area contributed by atoms with Gasteiger partial charge in [-0.2, -0.15) is 0 Å². The second-order valence-corrected chi connectivity index (χ2v) is 3.44. The molecular weight excluding hydrogens is 183 g/mol. The van der Waals surface area contributed by atoms with Crippen LogP contribution in [-0.2, 0) is 0 Å². The van der Waals surface area contributed by atoms with E-state index in [9.17, 15) is 4.39 Å². The van der Waals surface area contributed by atoms with E-state index in [2.05, 4.69) is 0 Å². The minimum Gasteiger partial charge on any atom is -0.205 e. The largest absolute Gasteiger partial charge is 0.205 e. The zero-order valence-electron chi connectivity index (χ0n) is 6.32. The van der Waals surface area contributed by atoms with Gasteiger partial charge in [0.1, 0.15) is 5.82 Å². The van der Waals surface area contributed by atoms with Gasteiger partial charge in [-0.05, 0) is 24.8 Å². The fourth-order valence-electron chi connectivity index (χ4n) is 0.818. The topological polar surface area (TPSA) is 0 Å². The smallest absolute Gasteiger partial charge is 0.141 e. The molecule has 0 aromatic heterocycles. The Bertz CT molecular complexity index is 273. The van der Waals surface area contributed by atoms with Crippen molar-refractivity contribution in [3.05, 3.63) is 28.5 Å². The highest BCUT2D eigenvalue weighted by atomic mass is 35.5. The molecule has 1 aromatic carbocycles. The summed E-state index contributed by atoms with van der Waals surface area (Å²) in [4.78, 5) is 0.534. The third-order valence-corrected chi connectivity index (χ3v) is 2.68. The van der Waals surface area contributed by atoms with Crippen LogP contribution >= 0.6 is 23.4 Å². The molecule has 1 aromatic rings. The van der Waals surface area contributed by atoms with Gasteiger partial charge < -0.3 is 0 Å². The van der Waals surface area contributed by atoms with Gasteiger partial charge in [0.05, 0.1) is 9.92 Å². The standard InChI is InChI=1S/C8H8ClFS/c1-5-3-4-6(9)8(11-2)7(5)10/h3-4H,1-2H3. The van der Waals surface area contributed by atoms with Crippen molar-refractivity contribution >= 4 is 23.4 Å². The minimum atomic E-state index is -0.204. The van der Waals surface area contributed by atoms with Crippen LogP contribution in [0.2, 0.25) is 5.02 Å². The molecule has 0 aliphatic heterocycles. The van der Waals surface area contributed by atoms with Gasteiger partial charge in [0.15, 0.2) is 0 Å². The van der Waals surface area contributed by atoms with Crippen LogP contribution in [0.5, 0.6) is 0 Å². The van der Waals surface area contributed by atoms with E-state index in [-0.39, 0.29) is 5.82 Å². The summed E-state index contributed by atoms with van der Waals surface area (Å²) in [5, 5.41) is 0.487. The van der Waals surface area contributed by atoms with Gasteiger partial charge >= 0.3 is 0 Å². The second kappa shape index (κ2) is 3.46. The maximum Gasteiger partial charge on any atom is 0.141 e. The quantitative estimate of drug-likeness (QED) is 0.611. The van der Waals surface area contributed by atoms with Crippen molar-refractivity contribution < 1.29 is 4.39 Å². The summed E-state index contributed by atoms with van der Waals surface area (Å²) in [6.45, 7) is 1.73. The molecule has 0 nitrogen and oxygen atoms in total. The molecule has 3 heteroatoms. The Morgan fingerprint density at radius 3 is 2.55 bits per heavy atom. The molecule has 0 heterocycles. The Balaban J connectivity index is 3.29. The monoisotopic (exact) mass is 190 g/mol. The molecule has 0 saturated carbocycles. The van der Waals surface area contributed by atoms with Crippen LogP contribution in [0.15, 0.2) is 17.0 Å². The third kappa shape index (κ3) is 1.68. The maximum absolute atomic E-state index is 13.2. The van der Waals surface area contributed by atoms with Crippen molar-refractivity contribution in [1.82, 2.24) is 0 Å². The number of halogens is 2. The molecule has 0 saturated heterocycles. The Labute approximate surface area is 74.8 Å². The maximum atomic E-state index is 13.2. The zero-order valence-corrected chi connectivity index (χ0v) is 7.89. The summed E-state index contributed by atoms with van der Waals surface area (Å²) in [5.74, 6) is -0.204. The van der Waals surface area contributed by atoms with Crippen molar-refractivity contribution in [3.8, 4) is 0 Å². The Kier molecular flexibility index (Phi) is 2.79. The van der Waals surface area contributed by atoms with Crippen molar-refractivity contribution in [2.24, 2.45) is 0 Å². The number of thioether (sulfide) groups is 1. The average molecular weight is 191 g/mol. The van der Waals surface area contributed by atoms with Crippen LogP contribution < -0.4 is 0 Å². The highest BCUT2D eigenvalue weighted by molar-refractivity contribution is 7.98. The molecule has 0 bridgehead atoms. The summed E-state index contributed by atoms with van der Waals surface area (Å²) in [5.41, 5.74) is 0.638. The number of benzene rings is 1. The van der Waals surface area contributed by atoms with E-state index < -0.39 is 0 Å². The van der Waals surface area contributed by atoms with Crippen molar-refractivity contribution in [2.45, 2.75) is 11.8 Å². The highest BCUT2D eigenvalue weighted by Gasteiger charge is 2.07.